The van der Waals surface area contributed by atoms with E-state index in [9.17, 15) is 13.2 Å². The third-order valence-electron chi connectivity index (χ3n) is 6.32. The van der Waals surface area contributed by atoms with Crippen molar-refractivity contribution in [3.63, 3.8) is 0 Å². The van der Waals surface area contributed by atoms with Crippen molar-refractivity contribution in [3.05, 3.63) is 88.4 Å². The molecule has 1 atom stereocenters. The fourth-order valence-electron chi connectivity index (χ4n) is 4.45. The summed E-state index contributed by atoms with van der Waals surface area (Å²) in [5.74, 6) is -0.0310. The summed E-state index contributed by atoms with van der Waals surface area (Å²) in [5, 5.41) is 3.92. The first-order valence-electron chi connectivity index (χ1n) is 11.1. The van der Waals surface area contributed by atoms with Gasteiger partial charge in [-0.15, -0.1) is 0 Å². The van der Waals surface area contributed by atoms with E-state index in [4.69, 9.17) is 11.6 Å². The molecule has 2 heterocycles. The molecule has 0 spiro atoms. The summed E-state index contributed by atoms with van der Waals surface area (Å²) in [4.78, 5) is 17.4. The van der Waals surface area contributed by atoms with Gasteiger partial charge in [0.05, 0.1) is 5.69 Å². The molecule has 0 aromatic heterocycles. The molecule has 3 aromatic carbocycles. The molecule has 2 N–H and O–H groups in total. The molecule has 2 aliphatic rings. The summed E-state index contributed by atoms with van der Waals surface area (Å²) in [6.45, 7) is 4.77. The number of sulfonamides is 1. The van der Waals surface area contributed by atoms with Crippen molar-refractivity contribution in [2.24, 2.45) is 0 Å². The smallest absolute Gasteiger partial charge is 0.253 e. The Bertz CT molecular complexity index is 1340. The van der Waals surface area contributed by atoms with Crippen molar-refractivity contribution in [2.45, 2.75) is 18.0 Å². The zero-order valence-electron chi connectivity index (χ0n) is 18.7. The lowest BCUT2D eigenvalue weighted by atomic mass is 10.1. The van der Waals surface area contributed by atoms with Crippen molar-refractivity contribution in [2.75, 3.05) is 36.4 Å². The van der Waals surface area contributed by atoms with E-state index in [1.807, 2.05) is 23.1 Å². The van der Waals surface area contributed by atoms with Gasteiger partial charge in [0.1, 0.15) is 11.1 Å². The fourth-order valence-corrected chi connectivity index (χ4v) is 5.92. The molecule has 3 aromatic rings. The van der Waals surface area contributed by atoms with Crippen molar-refractivity contribution < 1.29 is 13.2 Å². The van der Waals surface area contributed by atoms with Crippen LogP contribution in [0.25, 0.3) is 0 Å². The number of hydrogen-bond donors (Lipinski definition) is 2. The maximum absolute atomic E-state index is 13.1. The van der Waals surface area contributed by atoms with E-state index < -0.39 is 16.2 Å². The molecule has 2 aliphatic heterocycles. The van der Waals surface area contributed by atoms with Crippen LogP contribution in [0.2, 0.25) is 5.02 Å². The van der Waals surface area contributed by atoms with E-state index in [-0.39, 0.29) is 10.8 Å². The number of nitrogens with zero attached hydrogens (tertiary/aromatic N) is 2. The number of carbonyl (C=O) groups is 1. The van der Waals surface area contributed by atoms with Crippen LogP contribution in [0.4, 0.5) is 11.4 Å². The molecular formula is C25H25ClN4O3S. The standard InChI is InChI=1S/C25H25ClN4O3S/c1-17-6-11-20(26)16-22(17)29-12-14-30(15-13-29)25(31)19-9-7-18(8-10-19)24-27-21-4-2-3-5-23(21)34(32,33)28-24/h2-11,16,24,27-28H,12-15H2,1H3/t24-/m1/s1. The van der Waals surface area contributed by atoms with Crippen molar-refractivity contribution in [3.8, 4) is 0 Å². The molecule has 34 heavy (non-hydrogen) atoms. The van der Waals surface area contributed by atoms with E-state index in [0.29, 0.717) is 29.4 Å². The van der Waals surface area contributed by atoms with Crippen LogP contribution in [0.15, 0.2) is 71.6 Å². The van der Waals surface area contributed by atoms with Gasteiger partial charge in [0.2, 0.25) is 10.0 Å². The number of amides is 1. The van der Waals surface area contributed by atoms with Crippen LogP contribution >= 0.6 is 11.6 Å². The molecule has 7 nitrogen and oxygen atoms in total. The first-order valence-corrected chi connectivity index (χ1v) is 13.0. The number of anilines is 2. The molecule has 9 heteroatoms. The average Bonchev–Trinajstić information content (AvgIpc) is 2.85. The lowest BCUT2D eigenvalue weighted by Gasteiger charge is -2.37. The Morgan fingerprint density at radius 2 is 1.68 bits per heavy atom. The Morgan fingerprint density at radius 1 is 0.971 bits per heavy atom. The highest BCUT2D eigenvalue weighted by atomic mass is 35.5. The zero-order chi connectivity index (χ0) is 23.9. The quantitative estimate of drug-likeness (QED) is 0.572. The van der Waals surface area contributed by atoms with Crippen LogP contribution in [0.1, 0.15) is 27.7 Å². The lowest BCUT2D eigenvalue weighted by molar-refractivity contribution is 0.0746. The third-order valence-corrected chi connectivity index (χ3v) is 8.04. The molecule has 0 radical (unpaired) electrons. The maximum Gasteiger partial charge on any atom is 0.253 e. The SMILES string of the molecule is Cc1ccc(Cl)cc1N1CCN(C(=O)c2ccc([C@@H]3Nc4ccccc4S(=O)(=O)N3)cc2)CC1. The molecule has 0 bridgehead atoms. The third kappa shape index (κ3) is 4.36. The van der Waals surface area contributed by atoms with E-state index in [2.05, 4.69) is 21.9 Å². The summed E-state index contributed by atoms with van der Waals surface area (Å²) in [6, 6.07) is 19.7. The number of carbonyl (C=O) groups excluding carboxylic acids is 1. The van der Waals surface area contributed by atoms with E-state index >= 15 is 0 Å². The van der Waals surface area contributed by atoms with Gasteiger partial charge in [0, 0.05) is 42.5 Å². The molecule has 176 valence electrons. The highest BCUT2D eigenvalue weighted by molar-refractivity contribution is 7.89. The van der Waals surface area contributed by atoms with E-state index in [0.717, 1.165) is 29.9 Å². The van der Waals surface area contributed by atoms with Crippen LogP contribution in [0, 0.1) is 6.92 Å². The summed E-state index contributed by atoms with van der Waals surface area (Å²) in [7, 11) is -3.62. The molecule has 1 amide bonds. The van der Waals surface area contributed by atoms with Gasteiger partial charge in [-0.25, -0.2) is 8.42 Å². The van der Waals surface area contributed by atoms with Gasteiger partial charge in [-0.2, -0.15) is 4.72 Å². The van der Waals surface area contributed by atoms with Crippen molar-refractivity contribution in [1.29, 1.82) is 0 Å². The first-order chi connectivity index (χ1) is 16.3. The predicted octanol–water partition coefficient (Wildman–Crippen LogP) is 4.01. The number of benzene rings is 3. The zero-order valence-corrected chi connectivity index (χ0v) is 20.2. The molecular weight excluding hydrogens is 472 g/mol. The second kappa shape index (κ2) is 8.94. The molecule has 0 saturated carbocycles. The normalized spacial score (nSPS) is 19.3. The number of hydrogen-bond acceptors (Lipinski definition) is 5. The minimum Gasteiger partial charge on any atom is -0.368 e. The minimum absolute atomic E-state index is 0.0310. The monoisotopic (exact) mass is 496 g/mol. The number of halogens is 1. The van der Waals surface area contributed by atoms with E-state index in [1.54, 1.807) is 48.5 Å². The summed E-state index contributed by atoms with van der Waals surface area (Å²) in [5.41, 5.74) is 4.13. The number of rotatable bonds is 3. The van der Waals surface area contributed by atoms with Crippen molar-refractivity contribution >= 4 is 38.9 Å². The number of aryl methyl sites for hydroxylation is 1. The van der Waals surface area contributed by atoms with Gasteiger partial charge >= 0.3 is 0 Å². The van der Waals surface area contributed by atoms with Gasteiger partial charge in [-0.1, -0.05) is 41.9 Å². The highest BCUT2D eigenvalue weighted by Crippen LogP contribution is 2.31. The van der Waals surface area contributed by atoms with Gasteiger partial charge in [0.15, 0.2) is 0 Å². The van der Waals surface area contributed by atoms with Crippen LogP contribution in [-0.4, -0.2) is 45.4 Å². The summed E-state index contributed by atoms with van der Waals surface area (Å²) < 4.78 is 27.8. The molecule has 1 saturated heterocycles. The molecule has 5 rings (SSSR count). The van der Waals surface area contributed by atoms with Gasteiger partial charge in [-0.05, 0) is 54.4 Å². The summed E-state index contributed by atoms with van der Waals surface area (Å²) in [6.07, 6.45) is -0.603. The summed E-state index contributed by atoms with van der Waals surface area (Å²) >= 11 is 6.17. The van der Waals surface area contributed by atoms with Gasteiger partial charge in [0.25, 0.3) is 5.91 Å². The second-order valence-corrected chi connectivity index (χ2v) is 10.6. The number of piperazine rings is 1. The number of para-hydroxylation sites is 1. The van der Waals surface area contributed by atoms with Gasteiger partial charge in [-0.3, -0.25) is 4.79 Å². The Balaban J connectivity index is 1.26. The lowest BCUT2D eigenvalue weighted by Crippen LogP contribution is -2.49. The van der Waals surface area contributed by atoms with Crippen LogP contribution in [0.3, 0.4) is 0 Å². The molecule has 0 unspecified atom stereocenters. The largest absolute Gasteiger partial charge is 0.368 e. The Morgan fingerprint density at radius 3 is 2.41 bits per heavy atom. The Kier molecular flexibility index (Phi) is 5.97. The van der Waals surface area contributed by atoms with Crippen LogP contribution in [-0.2, 0) is 10.0 Å². The minimum atomic E-state index is -3.62. The molecule has 1 fully saturated rings. The first kappa shape index (κ1) is 22.7. The maximum atomic E-state index is 13.1. The molecule has 0 aliphatic carbocycles. The number of nitrogens with one attached hydrogen (secondary N) is 2. The van der Waals surface area contributed by atoms with E-state index in [1.165, 1.54) is 0 Å². The number of fused-ring (bicyclic) bond motifs is 1. The predicted molar refractivity (Wildman–Crippen MR) is 134 cm³/mol. The van der Waals surface area contributed by atoms with Gasteiger partial charge < -0.3 is 15.1 Å². The fraction of sp³-hybridized carbons (Fsp3) is 0.240. The second-order valence-electron chi connectivity index (χ2n) is 8.53. The topological polar surface area (TPSA) is 81.8 Å². The highest BCUT2D eigenvalue weighted by Gasteiger charge is 2.30. The van der Waals surface area contributed by atoms with Crippen LogP contribution < -0.4 is 14.9 Å². The van der Waals surface area contributed by atoms with Crippen LogP contribution in [0.5, 0.6) is 0 Å². The Hall–Kier alpha value is -3.07. The Labute approximate surface area is 204 Å². The average molecular weight is 497 g/mol. The van der Waals surface area contributed by atoms with Crippen molar-refractivity contribution in [1.82, 2.24) is 9.62 Å².